The van der Waals surface area contributed by atoms with Gasteiger partial charge in [-0.25, -0.2) is 0 Å². The summed E-state index contributed by atoms with van der Waals surface area (Å²) in [6.07, 6.45) is 0. The molecule has 1 amide bonds. The Morgan fingerprint density at radius 3 is 2.73 bits per heavy atom. The van der Waals surface area contributed by atoms with Gasteiger partial charge in [-0.05, 0) is 19.9 Å². The Morgan fingerprint density at radius 1 is 1.53 bits per heavy atom. The molecule has 1 rings (SSSR count). The van der Waals surface area contributed by atoms with Gasteiger partial charge in [0, 0.05) is 25.7 Å². The fraction of sp³-hybridized carbons (Fsp3) is 0.909. The van der Waals surface area contributed by atoms with E-state index >= 15 is 0 Å². The van der Waals surface area contributed by atoms with Crippen LogP contribution in [-0.2, 0) is 4.79 Å². The van der Waals surface area contributed by atoms with Crippen molar-refractivity contribution in [1.29, 1.82) is 0 Å². The number of piperazine rings is 1. The molecule has 2 atom stereocenters. The van der Waals surface area contributed by atoms with Gasteiger partial charge in [-0.15, -0.1) is 0 Å². The zero-order chi connectivity index (χ0) is 11.4. The summed E-state index contributed by atoms with van der Waals surface area (Å²) in [5, 5.41) is 6.11. The van der Waals surface area contributed by atoms with Crippen LogP contribution in [0.3, 0.4) is 0 Å². The Morgan fingerprint density at radius 2 is 2.20 bits per heavy atom. The van der Waals surface area contributed by atoms with Gasteiger partial charge in [-0.2, -0.15) is 0 Å². The Balaban J connectivity index is 2.70. The van der Waals surface area contributed by atoms with Crippen LogP contribution in [0.4, 0.5) is 0 Å². The van der Waals surface area contributed by atoms with Crippen LogP contribution in [-0.4, -0.2) is 49.6 Å². The maximum atomic E-state index is 11.8. The fourth-order valence-electron chi connectivity index (χ4n) is 2.30. The number of carbonyl (C=O) groups excluding carboxylic acids is 1. The Hall–Kier alpha value is -0.610. The van der Waals surface area contributed by atoms with Crippen LogP contribution in [0, 0.1) is 5.92 Å². The molecule has 1 aliphatic heterocycles. The highest BCUT2D eigenvalue weighted by Crippen LogP contribution is 2.16. The van der Waals surface area contributed by atoms with E-state index in [2.05, 4.69) is 36.3 Å². The molecular formula is C11H23N3O. The summed E-state index contributed by atoms with van der Waals surface area (Å²) in [5.74, 6) is 0.545. The first-order valence-electron chi connectivity index (χ1n) is 5.76. The van der Waals surface area contributed by atoms with E-state index < -0.39 is 0 Å². The Labute approximate surface area is 92.4 Å². The van der Waals surface area contributed by atoms with Crippen molar-refractivity contribution in [2.75, 3.05) is 26.7 Å². The van der Waals surface area contributed by atoms with Gasteiger partial charge in [0.05, 0.1) is 6.04 Å². The second kappa shape index (κ2) is 5.47. The maximum Gasteiger partial charge on any atom is 0.237 e. The van der Waals surface area contributed by atoms with E-state index in [0.717, 1.165) is 19.6 Å². The molecule has 1 saturated heterocycles. The summed E-state index contributed by atoms with van der Waals surface area (Å²) in [6, 6.07) is 0.440. The zero-order valence-corrected chi connectivity index (χ0v) is 10.2. The van der Waals surface area contributed by atoms with Gasteiger partial charge in [0.15, 0.2) is 0 Å². The van der Waals surface area contributed by atoms with E-state index in [4.69, 9.17) is 0 Å². The van der Waals surface area contributed by atoms with Crippen molar-refractivity contribution in [3.05, 3.63) is 0 Å². The average Bonchev–Trinajstić information content (AvgIpc) is 2.17. The van der Waals surface area contributed by atoms with Crippen LogP contribution in [0.15, 0.2) is 0 Å². The molecule has 15 heavy (non-hydrogen) atoms. The normalized spacial score (nSPS) is 25.4. The number of likely N-dealkylation sites (N-methyl/N-ethyl adjacent to an activating group) is 1. The van der Waals surface area contributed by atoms with E-state index in [1.54, 1.807) is 0 Å². The Kier molecular flexibility index (Phi) is 4.54. The zero-order valence-electron chi connectivity index (χ0n) is 10.2. The van der Waals surface area contributed by atoms with Gasteiger partial charge in [-0.1, -0.05) is 13.8 Å². The predicted octanol–water partition coefficient (Wildman–Crippen LogP) is 0.0507. The highest BCUT2D eigenvalue weighted by atomic mass is 16.2. The lowest BCUT2D eigenvalue weighted by Crippen LogP contribution is -2.61. The largest absolute Gasteiger partial charge is 0.353 e. The van der Waals surface area contributed by atoms with E-state index in [1.807, 2.05) is 7.05 Å². The number of hydrogen-bond acceptors (Lipinski definition) is 3. The Bertz CT molecular complexity index is 218. The van der Waals surface area contributed by atoms with Crippen molar-refractivity contribution in [3.8, 4) is 0 Å². The minimum absolute atomic E-state index is 0.0297. The van der Waals surface area contributed by atoms with E-state index in [0.29, 0.717) is 12.0 Å². The van der Waals surface area contributed by atoms with Crippen molar-refractivity contribution in [1.82, 2.24) is 15.5 Å². The molecule has 0 aromatic rings. The lowest BCUT2D eigenvalue weighted by atomic mass is 9.98. The second-order valence-corrected chi connectivity index (χ2v) is 4.62. The minimum atomic E-state index is 0.0297. The van der Waals surface area contributed by atoms with Gasteiger partial charge in [0.1, 0.15) is 0 Å². The van der Waals surface area contributed by atoms with E-state index in [1.165, 1.54) is 0 Å². The SMILES string of the molecule is CNCC(C)N1CCNC(=O)C1C(C)C. The molecule has 2 N–H and O–H groups in total. The average molecular weight is 213 g/mol. The first-order valence-corrected chi connectivity index (χ1v) is 5.76. The predicted molar refractivity (Wildman–Crippen MR) is 61.7 cm³/mol. The van der Waals surface area contributed by atoms with Crippen LogP contribution in [0.2, 0.25) is 0 Å². The highest BCUT2D eigenvalue weighted by Gasteiger charge is 2.34. The molecule has 1 aliphatic rings. The van der Waals surface area contributed by atoms with Crippen LogP contribution < -0.4 is 10.6 Å². The molecule has 1 heterocycles. The molecule has 0 bridgehead atoms. The molecule has 1 fully saturated rings. The second-order valence-electron chi connectivity index (χ2n) is 4.62. The van der Waals surface area contributed by atoms with E-state index in [9.17, 15) is 4.79 Å². The fourth-order valence-corrected chi connectivity index (χ4v) is 2.30. The topological polar surface area (TPSA) is 44.4 Å². The third-order valence-electron chi connectivity index (χ3n) is 2.99. The third kappa shape index (κ3) is 2.92. The molecule has 88 valence electrons. The number of nitrogens with one attached hydrogen (secondary N) is 2. The molecule has 4 heteroatoms. The molecule has 0 aliphatic carbocycles. The minimum Gasteiger partial charge on any atom is -0.353 e. The number of amides is 1. The third-order valence-corrected chi connectivity index (χ3v) is 2.99. The molecule has 2 unspecified atom stereocenters. The number of hydrogen-bond donors (Lipinski definition) is 2. The first kappa shape index (κ1) is 12.5. The lowest BCUT2D eigenvalue weighted by Gasteiger charge is -2.41. The molecule has 0 saturated carbocycles. The standard InChI is InChI=1S/C11H23N3O/c1-8(2)10-11(15)13-5-6-14(10)9(3)7-12-4/h8-10,12H,5-7H2,1-4H3,(H,13,15). The summed E-state index contributed by atoms with van der Waals surface area (Å²) in [7, 11) is 1.95. The number of rotatable bonds is 4. The molecule has 0 aromatic carbocycles. The van der Waals surface area contributed by atoms with Gasteiger partial charge in [0.2, 0.25) is 5.91 Å². The molecule has 0 spiro atoms. The highest BCUT2D eigenvalue weighted by molar-refractivity contribution is 5.82. The summed E-state index contributed by atoms with van der Waals surface area (Å²) >= 11 is 0. The molecule has 0 aromatic heterocycles. The molecule has 4 nitrogen and oxygen atoms in total. The quantitative estimate of drug-likeness (QED) is 0.693. The summed E-state index contributed by atoms with van der Waals surface area (Å²) in [5.41, 5.74) is 0. The van der Waals surface area contributed by atoms with Crippen molar-refractivity contribution in [2.24, 2.45) is 5.92 Å². The smallest absolute Gasteiger partial charge is 0.237 e. The number of carbonyl (C=O) groups is 1. The summed E-state index contributed by atoms with van der Waals surface area (Å²) < 4.78 is 0. The maximum absolute atomic E-state index is 11.8. The summed E-state index contributed by atoms with van der Waals surface area (Å²) in [6.45, 7) is 9.04. The van der Waals surface area contributed by atoms with Crippen molar-refractivity contribution in [2.45, 2.75) is 32.9 Å². The van der Waals surface area contributed by atoms with Crippen LogP contribution >= 0.6 is 0 Å². The van der Waals surface area contributed by atoms with Crippen molar-refractivity contribution >= 4 is 5.91 Å². The lowest BCUT2D eigenvalue weighted by molar-refractivity contribution is -0.132. The van der Waals surface area contributed by atoms with Crippen LogP contribution in [0.5, 0.6) is 0 Å². The molecule has 0 radical (unpaired) electrons. The van der Waals surface area contributed by atoms with Crippen LogP contribution in [0.1, 0.15) is 20.8 Å². The van der Waals surface area contributed by atoms with Gasteiger partial charge in [0.25, 0.3) is 0 Å². The number of nitrogens with zero attached hydrogens (tertiary/aromatic N) is 1. The first-order chi connectivity index (χ1) is 7.07. The van der Waals surface area contributed by atoms with Gasteiger partial charge in [-0.3, -0.25) is 9.69 Å². The van der Waals surface area contributed by atoms with Gasteiger partial charge < -0.3 is 10.6 Å². The van der Waals surface area contributed by atoms with Gasteiger partial charge >= 0.3 is 0 Å². The molecular weight excluding hydrogens is 190 g/mol. The van der Waals surface area contributed by atoms with E-state index in [-0.39, 0.29) is 11.9 Å². The summed E-state index contributed by atoms with van der Waals surface area (Å²) in [4.78, 5) is 14.1. The van der Waals surface area contributed by atoms with Crippen molar-refractivity contribution in [3.63, 3.8) is 0 Å². The van der Waals surface area contributed by atoms with Crippen LogP contribution in [0.25, 0.3) is 0 Å². The monoisotopic (exact) mass is 213 g/mol. The van der Waals surface area contributed by atoms with Crippen molar-refractivity contribution < 1.29 is 4.79 Å².